The van der Waals surface area contributed by atoms with Crippen LogP contribution in [0, 0.1) is 21.0 Å². The molecule has 94 valence electrons. The lowest BCUT2D eigenvalue weighted by Crippen LogP contribution is -2.15. The summed E-state index contributed by atoms with van der Waals surface area (Å²) >= 11 is 2.13. The van der Waals surface area contributed by atoms with E-state index in [0.717, 1.165) is 15.7 Å². The van der Waals surface area contributed by atoms with Crippen LogP contribution in [0.15, 0.2) is 36.4 Å². The molecule has 0 amide bonds. The van der Waals surface area contributed by atoms with Gasteiger partial charge in [-0.05, 0) is 46.4 Å². The number of hydrogen-bond donors (Lipinski definition) is 1. The number of nitrogens with two attached hydrogens (primary N) is 1. The lowest BCUT2D eigenvalue weighted by Gasteiger charge is -2.14. The van der Waals surface area contributed by atoms with Crippen LogP contribution in [0.5, 0.6) is 0 Å². The van der Waals surface area contributed by atoms with Gasteiger partial charge in [-0.25, -0.2) is 13.2 Å². The van der Waals surface area contributed by atoms with Crippen LogP contribution in [0.2, 0.25) is 0 Å². The third-order valence-corrected chi connectivity index (χ3v) is 3.35. The molecule has 0 aliphatic carbocycles. The lowest BCUT2D eigenvalue weighted by molar-refractivity contribution is 0.438. The molecular weight excluding hydrogens is 354 g/mol. The molecule has 2 aromatic rings. The molecule has 0 fully saturated rings. The van der Waals surface area contributed by atoms with Crippen molar-refractivity contribution < 1.29 is 13.2 Å². The zero-order valence-electron chi connectivity index (χ0n) is 9.13. The van der Waals surface area contributed by atoms with Crippen molar-refractivity contribution in [2.45, 2.75) is 6.04 Å². The number of benzene rings is 2. The van der Waals surface area contributed by atoms with Crippen LogP contribution in [0.1, 0.15) is 17.2 Å². The molecule has 1 nitrogen and oxygen atoms in total. The van der Waals surface area contributed by atoms with Crippen LogP contribution < -0.4 is 5.73 Å². The van der Waals surface area contributed by atoms with Crippen molar-refractivity contribution in [3.05, 3.63) is 68.5 Å². The molecule has 0 saturated heterocycles. The van der Waals surface area contributed by atoms with Gasteiger partial charge < -0.3 is 5.73 Å². The first kappa shape index (κ1) is 13.4. The third-order valence-electron chi connectivity index (χ3n) is 2.63. The molecule has 2 rings (SSSR count). The molecular formula is C13H9F3IN. The van der Waals surface area contributed by atoms with E-state index in [9.17, 15) is 13.2 Å². The van der Waals surface area contributed by atoms with Crippen LogP contribution >= 0.6 is 22.6 Å². The lowest BCUT2D eigenvalue weighted by atomic mass is 9.99. The summed E-state index contributed by atoms with van der Waals surface area (Å²) in [5.74, 6) is -3.94. The van der Waals surface area contributed by atoms with Crippen LogP contribution in [-0.4, -0.2) is 0 Å². The van der Waals surface area contributed by atoms with E-state index < -0.39 is 23.5 Å². The largest absolute Gasteiger partial charge is 0.320 e. The van der Waals surface area contributed by atoms with E-state index in [1.165, 1.54) is 0 Å². The van der Waals surface area contributed by atoms with Crippen LogP contribution in [-0.2, 0) is 0 Å². The Bertz CT molecular complexity index is 569. The molecule has 1 atom stereocenters. The van der Waals surface area contributed by atoms with E-state index in [4.69, 9.17) is 5.73 Å². The minimum Gasteiger partial charge on any atom is -0.320 e. The molecule has 0 bridgehead atoms. The van der Waals surface area contributed by atoms with Crippen molar-refractivity contribution in [2.75, 3.05) is 0 Å². The van der Waals surface area contributed by atoms with Crippen molar-refractivity contribution in [1.29, 1.82) is 0 Å². The van der Waals surface area contributed by atoms with Gasteiger partial charge in [-0.2, -0.15) is 0 Å². The normalized spacial score (nSPS) is 12.5. The molecule has 0 aromatic heterocycles. The topological polar surface area (TPSA) is 26.0 Å². The monoisotopic (exact) mass is 363 g/mol. The molecule has 5 heteroatoms. The molecule has 0 aliphatic heterocycles. The standard InChI is InChI=1S/C13H9F3IN/c14-10-6-5-9(11(15)12(10)16)13(18)7-1-3-8(17)4-2-7/h1-6,13H,18H2. The molecule has 0 heterocycles. The highest BCUT2D eigenvalue weighted by atomic mass is 127. The molecule has 0 radical (unpaired) electrons. The van der Waals surface area contributed by atoms with Crippen molar-refractivity contribution in [3.8, 4) is 0 Å². The first-order chi connectivity index (χ1) is 8.50. The number of rotatable bonds is 2. The van der Waals surface area contributed by atoms with Crippen LogP contribution in [0.4, 0.5) is 13.2 Å². The summed E-state index contributed by atoms with van der Waals surface area (Å²) < 4.78 is 40.5. The van der Waals surface area contributed by atoms with Gasteiger partial charge in [-0.1, -0.05) is 18.2 Å². The molecule has 0 saturated carbocycles. The summed E-state index contributed by atoms with van der Waals surface area (Å²) in [6.07, 6.45) is 0. The summed E-state index contributed by atoms with van der Waals surface area (Å²) in [4.78, 5) is 0. The molecule has 2 N–H and O–H groups in total. The van der Waals surface area contributed by atoms with Crippen LogP contribution in [0.3, 0.4) is 0 Å². The van der Waals surface area contributed by atoms with Crippen LogP contribution in [0.25, 0.3) is 0 Å². The van der Waals surface area contributed by atoms with Crippen molar-refractivity contribution in [3.63, 3.8) is 0 Å². The van der Waals surface area contributed by atoms with Gasteiger partial charge in [0.05, 0.1) is 6.04 Å². The third kappa shape index (κ3) is 2.51. The molecule has 1 unspecified atom stereocenters. The highest BCUT2D eigenvalue weighted by molar-refractivity contribution is 14.1. The maximum absolute atomic E-state index is 13.6. The Hall–Kier alpha value is -1.08. The highest BCUT2D eigenvalue weighted by Crippen LogP contribution is 2.25. The second-order valence-corrected chi connectivity index (χ2v) is 5.04. The first-order valence-electron chi connectivity index (χ1n) is 5.15. The van der Waals surface area contributed by atoms with E-state index in [0.29, 0.717) is 5.56 Å². The van der Waals surface area contributed by atoms with Crippen molar-refractivity contribution in [2.24, 2.45) is 5.73 Å². The van der Waals surface area contributed by atoms with E-state index >= 15 is 0 Å². The van der Waals surface area contributed by atoms with Gasteiger partial charge in [0.25, 0.3) is 0 Å². The Morgan fingerprint density at radius 3 is 2.11 bits per heavy atom. The highest BCUT2D eigenvalue weighted by Gasteiger charge is 2.19. The second kappa shape index (κ2) is 5.27. The predicted molar refractivity (Wildman–Crippen MR) is 71.5 cm³/mol. The Balaban J connectivity index is 2.43. The van der Waals surface area contributed by atoms with Gasteiger partial charge in [0.1, 0.15) is 0 Å². The van der Waals surface area contributed by atoms with Gasteiger partial charge in [0.15, 0.2) is 17.5 Å². The number of halogens is 4. The molecule has 0 aliphatic rings. The maximum atomic E-state index is 13.6. The summed E-state index contributed by atoms with van der Waals surface area (Å²) in [7, 11) is 0. The average molecular weight is 363 g/mol. The Morgan fingerprint density at radius 1 is 0.889 bits per heavy atom. The first-order valence-corrected chi connectivity index (χ1v) is 6.23. The van der Waals surface area contributed by atoms with Crippen molar-refractivity contribution >= 4 is 22.6 Å². The van der Waals surface area contributed by atoms with Gasteiger partial charge in [0.2, 0.25) is 0 Å². The minimum absolute atomic E-state index is 0.0601. The van der Waals surface area contributed by atoms with Gasteiger partial charge in [0, 0.05) is 9.13 Å². The smallest absolute Gasteiger partial charge is 0.194 e. The fraction of sp³-hybridized carbons (Fsp3) is 0.0769. The Kier molecular flexibility index (Phi) is 3.91. The molecule has 0 spiro atoms. The fourth-order valence-corrected chi connectivity index (χ4v) is 1.99. The van der Waals surface area contributed by atoms with E-state index in [1.807, 2.05) is 12.1 Å². The molecule has 2 aromatic carbocycles. The SMILES string of the molecule is NC(c1ccc(I)cc1)c1ccc(F)c(F)c1F. The molecule has 18 heavy (non-hydrogen) atoms. The summed E-state index contributed by atoms with van der Waals surface area (Å²) in [6.45, 7) is 0. The van der Waals surface area contributed by atoms with Crippen molar-refractivity contribution in [1.82, 2.24) is 0 Å². The fourth-order valence-electron chi connectivity index (χ4n) is 1.63. The quantitative estimate of drug-likeness (QED) is 0.638. The second-order valence-electron chi connectivity index (χ2n) is 3.79. The Labute approximate surface area is 116 Å². The minimum atomic E-state index is -1.49. The van der Waals surface area contributed by atoms with E-state index in [2.05, 4.69) is 22.6 Å². The summed E-state index contributed by atoms with van der Waals surface area (Å²) in [6, 6.07) is 8.30. The van der Waals surface area contributed by atoms with Gasteiger partial charge in [-0.3, -0.25) is 0 Å². The zero-order chi connectivity index (χ0) is 13.3. The Morgan fingerprint density at radius 2 is 1.50 bits per heavy atom. The zero-order valence-corrected chi connectivity index (χ0v) is 11.3. The number of hydrogen-bond acceptors (Lipinski definition) is 1. The van der Waals surface area contributed by atoms with Gasteiger partial charge >= 0.3 is 0 Å². The predicted octanol–water partition coefficient (Wildman–Crippen LogP) is 3.76. The van der Waals surface area contributed by atoms with E-state index in [-0.39, 0.29) is 5.56 Å². The van der Waals surface area contributed by atoms with E-state index in [1.54, 1.807) is 12.1 Å². The maximum Gasteiger partial charge on any atom is 0.194 e. The summed E-state index contributed by atoms with van der Waals surface area (Å²) in [5, 5.41) is 0. The summed E-state index contributed by atoms with van der Waals surface area (Å²) in [5.41, 5.74) is 6.43. The van der Waals surface area contributed by atoms with Gasteiger partial charge in [-0.15, -0.1) is 0 Å². The average Bonchev–Trinajstić information content (AvgIpc) is 2.36.